The molecule has 70 valence electrons. The van der Waals surface area contributed by atoms with Gasteiger partial charge in [-0.15, -0.1) is 0 Å². The summed E-state index contributed by atoms with van der Waals surface area (Å²) in [5.74, 6) is 0. The van der Waals surface area contributed by atoms with Gasteiger partial charge in [0.25, 0.3) is 0 Å². The van der Waals surface area contributed by atoms with Crippen molar-refractivity contribution in [3.63, 3.8) is 0 Å². The Hall–Kier alpha value is -0.200. The van der Waals surface area contributed by atoms with Crippen molar-refractivity contribution < 1.29 is 24.4 Å². The van der Waals surface area contributed by atoms with Crippen LogP contribution in [0.15, 0.2) is 0 Å². The highest BCUT2D eigenvalue weighted by molar-refractivity contribution is 4.96. The maximum atomic E-state index is 9.49. The van der Waals surface area contributed by atoms with Gasteiger partial charge in [-0.05, 0) is 0 Å². The van der Waals surface area contributed by atoms with Gasteiger partial charge in [0.1, 0.15) is 24.4 Å². The third-order valence-corrected chi connectivity index (χ3v) is 2.30. The van der Waals surface area contributed by atoms with Gasteiger partial charge in [0.05, 0.1) is 6.61 Å². The third kappa shape index (κ3) is 1.06. The van der Waals surface area contributed by atoms with E-state index in [1.54, 1.807) is 0 Å². The summed E-state index contributed by atoms with van der Waals surface area (Å²) in [4.78, 5) is 0. The number of hydrogen-bond donors (Lipinski definition) is 2. The fourth-order valence-corrected chi connectivity index (χ4v) is 1.66. The first-order valence-corrected chi connectivity index (χ1v) is 3.90. The van der Waals surface area contributed by atoms with Crippen molar-refractivity contribution in [2.24, 2.45) is 0 Å². The van der Waals surface area contributed by atoms with E-state index in [4.69, 9.17) is 14.2 Å². The summed E-state index contributed by atoms with van der Waals surface area (Å²) in [5, 5.41) is 18.8. The lowest BCUT2D eigenvalue weighted by Gasteiger charge is -2.14. The molecule has 2 fully saturated rings. The predicted octanol–water partition coefficient (Wildman–Crippen LogP) is -1.52. The molecule has 5 atom stereocenters. The van der Waals surface area contributed by atoms with E-state index in [-0.39, 0.29) is 6.61 Å². The summed E-state index contributed by atoms with van der Waals surface area (Å²) >= 11 is 0. The molecule has 2 heterocycles. The lowest BCUT2D eigenvalue weighted by Crippen LogP contribution is -2.32. The monoisotopic (exact) mass is 176 g/mol. The Kier molecular flexibility index (Phi) is 2.05. The Morgan fingerprint density at radius 3 is 2.67 bits per heavy atom. The summed E-state index contributed by atoms with van der Waals surface area (Å²) in [6.07, 6.45) is -2.99. The molecule has 2 N–H and O–H groups in total. The lowest BCUT2D eigenvalue weighted by atomic mass is 10.1. The Labute approximate surface area is 69.8 Å². The van der Waals surface area contributed by atoms with Crippen molar-refractivity contribution >= 4 is 0 Å². The molecule has 0 aliphatic carbocycles. The van der Waals surface area contributed by atoms with E-state index in [1.165, 1.54) is 7.11 Å². The highest BCUT2D eigenvalue weighted by Gasteiger charge is 2.51. The van der Waals surface area contributed by atoms with Gasteiger partial charge in [-0.2, -0.15) is 0 Å². The fourth-order valence-electron chi connectivity index (χ4n) is 1.66. The molecule has 0 spiro atoms. The van der Waals surface area contributed by atoms with Gasteiger partial charge in [0.2, 0.25) is 0 Å². The molecular weight excluding hydrogens is 164 g/mol. The van der Waals surface area contributed by atoms with Gasteiger partial charge in [0.15, 0.2) is 6.29 Å². The van der Waals surface area contributed by atoms with Crippen LogP contribution in [0.3, 0.4) is 0 Å². The minimum absolute atomic E-state index is 0.225. The summed E-state index contributed by atoms with van der Waals surface area (Å²) < 4.78 is 15.2. The second-order valence-corrected chi connectivity index (χ2v) is 3.06. The Balaban J connectivity index is 2.08. The van der Waals surface area contributed by atoms with E-state index in [9.17, 15) is 10.2 Å². The second kappa shape index (κ2) is 2.93. The van der Waals surface area contributed by atoms with E-state index in [2.05, 4.69) is 0 Å². The largest absolute Gasteiger partial charge is 0.388 e. The SMILES string of the molecule is CO[C@@H]1O[C@H]2[C@H](OC[C@H]2O)[C@H]1O. The standard InChI is InChI=1S/C7H12O5/c1-10-7-4(9)6-5(12-7)3(8)2-11-6/h3-9H,2H2,1H3/t3-,4-,5-,6-,7-/m1/s1. The molecule has 0 bridgehead atoms. The first-order chi connectivity index (χ1) is 5.74. The minimum atomic E-state index is -0.794. The summed E-state index contributed by atoms with van der Waals surface area (Å²) in [5.41, 5.74) is 0. The number of ether oxygens (including phenoxy) is 3. The molecule has 0 amide bonds. The van der Waals surface area contributed by atoms with E-state index < -0.39 is 30.7 Å². The van der Waals surface area contributed by atoms with Crippen LogP contribution in [0.25, 0.3) is 0 Å². The van der Waals surface area contributed by atoms with Gasteiger partial charge >= 0.3 is 0 Å². The summed E-state index contributed by atoms with van der Waals surface area (Å²) in [7, 11) is 1.45. The topological polar surface area (TPSA) is 68.2 Å². The number of methoxy groups -OCH3 is 1. The molecule has 5 heteroatoms. The fraction of sp³-hybridized carbons (Fsp3) is 1.00. The second-order valence-electron chi connectivity index (χ2n) is 3.06. The summed E-state index contributed by atoms with van der Waals surface area (Å²) in [6.45, 7) is 0.225. The maximum Gasteiger partial charge on any atom is 0.186 e. The molecule has 0 unspecified atom stereocenters. The maximum absolute atomic E-state index is 9.49. The quantitative estimate of drug-likeness (QED) is 0.507. The number of fused-ring (bicyclic) bond motifs is 1. The normalized spacial score (nSPS) is 52.8. The molecule has 0 radical (unpaired) electrons. The zero-order valence-electron chi connectivity index (χ0n) is 6.71. The van der Waals surface area contributed by atoms with E-state index in [0.29, 0.717) is 0 Å². The van der Waals surface area contributed by atoms with Crippen LogP contribution in [-0.4, -0.2) is 54.6 Å². The van der Waals surface area contributed by atoms with Gasteiger partial charge < -0.3 is 24.4 Å². The zero-order valence-corrected chi connectivity index (χ0v) is 6.71. The van der Waals surface area contributed by atoms with Crippen molar-refractivity contribution in [2.75, 3.05) is 13.7 Å². The highest BCUT2D eigenvalue weighted by Crippen LogP contribution is 2.31. The molecule has 2 aliphatic heterocycles. The predicted molar refractivity (Wildman–Crippen MR) is 37.4 cm³/mol. The summed E-state index contributed by atoms with van der Waals surface area (Å²) in [6, 6.07) is 0. The molecule has 5 nitrogen and oxygen atoms in total. The molecule has 0 aromatic rings. The number of aliphatic hydroxyl groups excluding tert-OH is 2. The van der Waals surface area contributed by atoms with Gasteiger partial charge in [-0.25, -0.2) is 0 Å². The van der Waals surface area contributed by atoms with Crippen LogP contribution in [0.5, 0.6) is 0 Å². The average molecular weight is 176 g/mol. The van der Waals surface area contributed by atoms with Gasteiger partial charge in [-0.1, -0.05) is 0 Å². The molecule has 12 heavy (non-hydrogen) atoms. The molecule has 0 saturated carbocycles. The number of hydrogen-bond acceptors (Lipinski definition) is 5. The van der Waals surface area contributed by atoms with Crippen LogP contribution in [0.1, 0.15) is 0 Å². The van der Waals surface area contributed by atoms with Crippen LogP contribution >= 0.6 is 0 Å². The molecule has 0 aromatic heterocycles. The molecule has 2 aliphatic rings. The highest BCUT2D eigenvalue weighted by atomic mass is 16.7. The average Bonchev–Trinajstić information content (AvgIpc) is 2.55. The van der Waals surface area contributed by atoms with Crippen molar-refractivity contribution in [3.8, 4) is 0 Å². The molecule has 0 aromatic carbocycles. The lowest BCUT2D eigenvalue weighted by molar-refractivity contribution is -0.167. The van der Waals surface area contributed by atoms with Gasteiger partial charge in [-0.3, -0.25) is 0 Å². The van der Waals surface area contributed by atoms with Crippen LogP contribution in [-0.2, 0) is 14.2 Å². The first-order valence-electron chi connectivity index (χ1n) is 3.90. The van der Waals surface area contributed by atoms with Gasteiger partial charge in [0, 0.05) is 7.11 Å². The zero-order chi connectivity index (χ0) is 8.72. The minimum Gasteiger partial charge on any atom is -0.388 e. The van der Waals surface area contributed by atoms with E-state index in [0.717, 1.165) is 0 Å². The van der Waals surface area contributed by atoms with Crippen LogP contribution in [0, 0.1) is 0 Å². The van der Waals surface area contributed by atoms with E-state index >= 15 is 0 Å². The van der Waals surface area contributed by atoms with Crippen molar-refractivity contribution in [3.05, 3.63) is 0 Å². The number of rotatable bonds is 1. The first kappa shape index (κ1) is 8.40. The van der Waals surface area contributed by atoms with Crippen molar-refractivity contribution in [1.82, 2.24) is 0 Å². The van der Waals surface area contributed by atoms with Crippen LogP contribution < -0.4 is 0 Å². The van der Waals surface area contributed by atoms with Crippen LogP contribution in [0.4, 0.5) is 0 Å². The molecular formula is C7H12O5. The smallest absolute Gasteiger partial charge is 0.186 e. The van der Waals surface area contributed by atoms with Crippen LogP contribution in [0.2, 0.25) is 0 Å². The Morgan fingerprint density at radius 1 is 1.33 bits per heavy atom. The number of aliphatic hydroxyl groups is 2. The van der Waals surface area contributed by atoms with E-state index in [1.807, 2.05) is 0 Å². The Morgan fingerprint density at radius 2 is 2.08 bits per heavy atom. The molecule has 2 saturated heterocycles. The van der Waals surface area contributed by atoms with Crippen molar-refractivity contribution in [2.45, 2.75) is 30.7 Å². The molecule has 2 rings (SSSR count). The van der Waals surface area contributed by atoms with Crippen molar-refractivity contribution in [1.29, 1.82) is 0 Å². The third-order valence-electron chi connectivity index (χ3n) is 2.30. The Bertz CT molecular complexity index is 173.